The molecule has 1 aromatic heterocycles. The zero-order chi connectivity index (χ0) is 22.8. The number of aromatic nitrogens is 2. The number of halogens is 1. The summed E-state index contributed by atoms with van der Waals surface area (Å²) in [5.41, 5.74) is -0.750. The number of nitrogens with one attached hydrogen (secondary N) is 1. The van der Waals surface area contributed by atoms with Crippen LogP contribution >= 0.6 is 0 Å². The Balaban J connectivity index is 1.78. The van der Waals surface area contributed by atoms with Crippen LogP contribution in [0.4, 0.5) is 4.39 Å². The van der Waals surface area contributed by atoms with Crippen LogP contribution in [-0.4, -0.2) is 36.7 Å². The molecule has 1 aliphatic rings. The normalized spacial score (nSPS) is 22.1. The highest BCUT2D eigenvalue weighted by atomic mass is 28.4. The van der Waals surface area contributed by atoms with E-state index in [1.165, 1.54) is 0 Å². The van der Waals surface area contributed by atoms with Crippen molar-refractivity contribution in [2.24, 2.45) is 0 Å². The van der Waals surface area contributed by atoms with E-state index in [9.17, 15) is 14.0 Å². The molecule has 1 saturated heterocycles. The van der Waals surface area contributed by atoms with Crippen molar-refractivity contribution < 1.29 is 18.3 Å². The lowest BCUT2D eigenvalue weighted by Gasteiger charge is -2.37. The molecule has 3 rings (SSSR count). The first-order valence-electron chi connectivity index (χ1n) is 10.4. The van der Waals surface area contributed by atoms with Gasteiger partial charge in [-0.1, -0.05) is 51.1 Å². The Labute approximate surface area is 182 Å². The maximum atomic E-state index is 13.8. The van der Waals surface area contributed by atoms with Gasteiger partial charge in [-0.3, -0.25) is 14.3 Å². The summed E-state index contributed by atoms with van der Waals surface area (Å²) in [5.74, 6) is -1.04. The summed E-state index contributed by atoms with van der Waals surface area (Å²) in [6, 6.07) is 9.75. The number of benzene rings is 1. The summed E-state index contributed by atoms with van der Waals surface area (Å²) in [6.07, 6.45) is -0.310. The fourth-order valence-corrected chi connectivity index (χ4v) is 4.17. The monoisotopic (exact) mass is 450 g/mol. The van der Waals surface area contributed by atoms with Gasteiger partial charge in [-0.05, 0) is 23.7 Å². The third-order valence-corrected chi connectivity index (χ3v) is 10.6. The van der Waals surface area contributed by atoms with Crippen molar-refractivity contribution in [1.29, 1.82) is 0 Å². The van der Waals surface area contributed by atoms with E-state index in [2.05, 4.69) is 33.9 Å². The summed E-state index contributed by atoms with van der Waals surface area (Å²) in [7, 11) is -2.03. The zero-order valence-electron chi connectivity index (χ0n) is 18.7. The Kier molecular flexibility index (Phi) is 7.00. The van der Waals surface area contributed by atoms with Gasteiger partial charge < -0.3 is 13.9 Å². The summed E-state index contributed by atoms with van der Waals surface area (Å²) < 4.78 is 33.4. The molecule has 0 aliphatic carbocycles. The Morgan fingerprint density at radius 1 is 1.23 bits per heavy atom. The van der Waals surface area contributed by atoms with Crippen molar-refractivity contribution >= 4 is 8.32 Å². The van der Waals surface area contributed by atoms with Crippen LogP contribution in [0, 0.1) is 5.82 Å². The maximum absolute atomic E-state index is 13.8. The SMILES string of the molecule is CC(C)(C)[Si](C)(C)OC[C@H]1O[C@@H](n2cc(F)c(=O)[nH]c2=O)C[C@@H]1OCc1ccccc1. The Bertz CT molecular complexity index is 999. The predicted molar refractivity (Wildman–Crippen MR) is 118 cm³/mol. The van der Waals surface area contributed by atoms with Gasteiger partial charge in [0.1, 0.15) is 12.3 Å². The molecule has 9 heteroatoms. The summed E-state index contributed by atoms with van der Waals surface area (Å²) >= 11 is 0. The standard InChI is InChI=1S/C22H31FN2O5Si/c1-22(2,3)31(4,5)29-14-18-17(28-13-15-9-7-6-8-10-15)11-19(30-18)25-12-16(23)20(26)24-21(25)27/h6-10,12,17-19H,11,13-14H2,1-5H3,(H,24,26,27)/t17-,18+,19+/m0/s1. The van der Waals surface area contributed by atoms with Crippen LogP contribution < -0.4 is 11.2 Å². The van der Waals surface area contributed by atoms with E-state index in [0.29, 0.717) is 19.6 Å². The second-order valence-electron chi connectivity index (χ2n) is 9.41. The van der Waals surface area contributed by atoms with Crippen molar-refractivity contribution in [3.8, 4) is 0 Å². The van der Waals surface area contributed by atoms with Crippen LogP contribution in [-0.2, 0) is 20.5 Å². The number of nitrogens with zero attached hydrogens (tertiary/aromatic N) is 1. The summed E-state index contributed by atoms with van der Waals surface area (Å²) in [6.45, 7) is 11.5. The molecule has 31 heavy (non-hydrogen) atoms. The predicted octanol–water partition coefficient (Wildman–Crippen LogP) is 3.57. The summed E-state index contributed by atoms with van der Waals surface area (Å²) in [4.78, 5) is 25.6. The molecular formula is C22H31FN2O5Si. The van der Waals surface area contributed by atoms with Gasteiger partial charge in [-0.15, -0.1) is 0 Å². The van der Waals surface area contributed by atoms with Crippen LogP contribution in [0.2, 0.25) is 18.1 Å². The van der Waals surface area contributed by atoms with E-state index < -0.39 is 37.7 Å². The van der Waals surface area contributed by atoms with Crippen LogP contribution in [0.3, 0.4) is 0 Å². The Morgan fingerprint density at radius 2 is 1.90 bits per heavy atom. The first kappa shape index (κ1) is 23.6. The Hall–Kier alpha value is -2.07. The van der Waals surface area contributed by atoms with Crippen molar-refractivity contribution in [3.05, 3.63) is 68.7 Å². The Morgan fingerprint density at radius 3 is 2.55 bits per heavy atom. The van der Waals surface area contributed by atoms with Gasteiger partial charge in [0.25, 0.3) is 5.56 Å². The quantitative estimate of drug-likeness (QED) is 0.652. The maximum Gasteiger partial charge on any atom is 0.330 e. The molecule has 0 amide bonds. The number of aromatic amines is 1. The largest absolute Gasteiger partial charge is 0.414 e. The van der Waals surface area contributed by atoms with Crippen molar-refractivity contribution in [3.63, 3.8) is 0 Å². The molecule has 0 bridgehead atoms. The van der Waals surface area contributed by atoms with Crippen molar-refractivity contribution in [2.75, 3.05) is 6.61 Å². The number of ether oxygens (including phenoxy) is 2. The number of rotatable bonds is 7. The van der Waals surface area contributed by atoms with Crippen molar-refractivity contribution in [1.82, 2.24) is 9.55 Å². The molecule has 1 N–H and O–H groups in total. The second kappa shape index (κ2) is 9.19. The molecule has 0 saturated carbocycles. The van der Waals surface area contributed by atoms with Gasteiger partial charge in [0, 0.05) is 6.42 Å². The number of H-pyrrole nitrogens is 1. The van der Waals surface area contributed by atoms with E-state index in [4.69, 9.17) is 13.9 Å². The number of hydrogen-bond donors (Lipinski definition) is 1. The average molecular weight is 451 g/mol. The van der Waals surface area contributed by atoms with E-state index in [1.807, 2.05) is 35.3 Å². The van der Waals surface area contributed by atoms with E-state index in [-0.39, 0.29) is 11.1 Å². The van der Waals surface area contributed by atoms with Gasteiger partial charge >= 0.3 is 5.69 Å². The van der Waals surface area contributed by atoms with E-state index >= 15 is 0 Å². The lowest BCUT2D eigenvalue weighted by Crippen LogP contribution is -2.44. The highest BCUT2D eigenvalue weighted by Gasteiger charge is 2.42. The van der Waals surface area contributed by atoms with E-state index in [0.717, 1.165) is 16.3 Å². The van der Waals surface area contributed by atoms with Crippen LogP contribution in [0.15, 0.2) is 46.1 Å². The first-order chi connectivity index (χ1) is 14.5. The molecule has 2 aromatic rings. The average Bonchev–Trinajstić information content (AvgIpc) is 3.10. The fraction of sp³-hybridized carbons (Fsp3) is 0.545. The lowest BCUT2D eigenvalue weighted by atomic mass is 10.1. The molecule has 0 radical (unpaired) electrons. The third-order valence-electron chi connectivity index (χ3n) is 6.14. The van der Waals surface area contributed by atoms with Crippen LogP contribution in [0.25, 0.3) is 0 Å². The molecule has 0 spiro atoms. The van der Waals surface area contributed by atoms with Gasteiger partial charge in [-0.2, -0.15) is 4.39 Å². The van der Waals surface area contributed by atoms with Crippen LogP contribution in [0.5, 0.6) is 0 Å². The topological polar surface area (TPSA) is 82.5 Å². The minimum atomic E-state index is -2.03. The minimum Gasteiger partial charge on any atom is -0.414 e. The van der Waals surface area contributed by atoms with E-state index in [1.54, 1.807) is 0 Å². The molecule has 1 aliphatic heterocycles. The highest BCUT2D eigenvalue weighted by Crippen LogP contribution is 2.38. The smallest absolute Gasteiger partial charge is 0.330 e. The summed E-state index contributed by atoms with van der Waals surface area (Å²) in [5, 5.41) is 0.0321. The molecule has 2 heterocycles. The van der Waals surface area contributed by atoms with Crippen LogP contribution in [0.1, 0.15) is 39.0 Å². The molecule has 3 atom stereocenters. The molecule has 7 nitrogen and oxygen atoms in total. The number of hydrogen-bond acceptors (Lipinski definition) is 5. The lowest BCUT2D eigenvalue weighted by molar-refractivity contribution is -0.0635. The first-order valence-corrected chi connectivity index (χ1v) is 13.3. The van der Waals surface area contributed by atoms with Gasteiger partial charge in [0.15, 0.2) is 8.32 Å². The van der Waals surface area contributed by atoms with Gasteiger partial charge in [-0.25, -0.2) is 4.79 Å². The molecule has 0 unspecified atom stereocenters. The highest BCUT2D eigenvalue weighted by molar-refractivity contribution is 6.74. The van der Waals surface area contributed by atoms with Gasteiger partial charge in [0.2, 0.25) is 5.82 Å². The third kappa shape index (κ3) is 5.59. The zero-order valence-corrected chi connectivity index (χ0v) is 19.7. The minimum absolute atomic E-state index is 0.0321. The van der Waals surface area contributed by atoms with Crippen molar-refractivity contribution in [2.45, 2.75) is 70.4 Å². The van der Waals surface area contributed by atoms with Gasteiger partial charge in [0.05, 0.1) is 25.5 Å². The molecular weight excluding hydrogens is 419 g/mol. The molecule has 1 fully saturated rings. The fourth-order valence-electron chi connectivity index (χ4n) is 3.16. The second-order valence-corrected chi connectivity index (χ2v) is 14.2. The molecule has 170 valence electrons. The molecule has 1 aromatic carbocycles.